The third-order valence-electron chi connectivity index (χ3n) is 2.77. The zero-order valence-electron chi connectivity index (χ0n) is 11.8. The number of aryl methyl sites for hydroxylation is 1. The summed E-state index contributed by atoms with van der Waals surface area (Å²) >= 11 is 4.37. The number of ether oxygens (including phenoxy) is 1. The lowest BCUT2D eigenvalue weighted by Crippen LogP contribution is -2.12. The molecule has 0 aliphatic carbocycles. The lowest BCUT2D eigenvalue weighted by Gasteiger charge is -2.04. The first-order valence-corrected chi connectivity index (χ1v) is 9.22. The van der Waals surface area contributed by atoms with Crippen molar-refractivity contribution in [3.63, 3.8) is 0 Å². The van der Waals surface area contributed by atoms with Crippen LogP contribution in [0.2, 0.25) is 0 Å². The van der Waals surface area contributed by atoms with Crippen LogP contribution in [0.4, 0.5) is 5.13 Å². The molecular weight excluding hydrogens is 392 g/mol. The van der Waals surface area contributed by atoms with Crippen LogP contribution in [0.1, 0.15) is 10.6 Å². The van der Waals surface area contributed by atoms with E-state index in [0.717, 1.165) is 15.8 Å². The van der Waals surface area contributed by atoms with Crippen LogP contribution in [0.15, 0.2) is 33.6 Å². The van der Waals surface area contributed by atoms with Gasteiger partial charge in [0.25, 0.3) is 10.0 Å². The molecule has 1 heterocycles. The molecule has 2 rings (SSSR count). The number of nitrogens with zero attached hydrogens (tertiary/aromatic N) is 1. The Labute approximate surface area is 140 Å². The van der Waals surface area contributed by atoms with Crippen LogP contribution < -0.4 is 4.72 Å². The van der Waals surface area contributed by atoms with Crippen molar-refractivity contribution in [3.8, 4) is 0 Å². The van der Waals surface area contributed by atoms with Gasteiger partial charge in [0.2, 0.25) is 0 Å². The normalized spacial score (nSPS) is 11.2. The number of thiazole rings is 1. The summed E-state index contributed by atoms with van der Waals surface area (Å²) in [6, 6.07) is 6.26. The van der Waals surface area contributed by atoms with Crippen LogP contribution in [0.25, 0.3) is 0 Å². The van der Waals surface area contributed by atoms with E-state index in [9.17, 15) is 13.2 Å². The van der Waals surface area contributed by atoms with Crippen LogP contribution in [-0.4, -0.2) is 26.5 Å². The predicted octanol–water partition coefficient (Wildman–Crippen LogP) is 2.73. The minimum absolute atomic E-state index is 0.0695. The van der Waals surface area contributed by atoms with Crippen LogP contribution in [0.5, 0.6) is 0 Å². The summed E-state index contributed by atoms with van der Waals surface area (Å²) in [6.07, 6.45) is 0.0695. The number of sulfonamides is 1. The minimum atomic E-state index is -3.71. The van der Waals surface area contributed by atoms with E-state index < -0.39 is 16.0 Å². The molecule has 0 fully saturated rings. The van der Waals surface area contributed by atoms with E-state index in [1.165, 1.54) is 19.2 Å². The molecule has 0 unspecified atom stereocenters. The fourth-order valence-electron chi connectivity index (χ4n) is 1.63. The van der Waals surface area contributed by atoms with E-state index >= 15 is 0 Å². The van der Waals surface area contributed by atoms with Gasteiger partial charge in [0.1, 0.15) is 0 Å². The van der Waals surface area contributed by atoms with Gasteiger partial charge in [-0.3, -0.25) is 9.52 Å². The molecule has 0 aliphatic heterocycles. The fraction of sp³-hybridized carbons (Fsp3) is 0.231. The van der Waals surface area contributed by atoms with E-state index in [1.807, 2.05) is 0 Å². The lowest BCUT2D eigenvalue weighted by atomic mass is 10.3. The molecular formula is C13H13BrN2O4S2. The minimum Gasteiger partial charge on any atom is -0.469 e. The molecule has 0 spiro atoms. The number of hydrogen-bond donors (Lipinski definition) is 1. The molecule has 0 atom stereocenters. The number of methoxy groups -OCH3 is 1. The summed E-state index contributed by atoms with van der Waals surface area (Å²) < 4.78 is 32.3. The molecule has 0 aliphatic rings. The first kappa shape index (κ1) is 16.9. The summed E-state index contributed by atoms with van der Waals surface area (Å²) in [5.74, 6) is -0.394. The molecule has 9 heteroatoms. The maximum Gasteiger partial charge on any atom is 0.310 e. The second kappa shape index (κ2) is 6.76. The predicted molar refractivity (Wildman–Crippen MR) is 87.5 cm³/mol. The molecule has 118 valence electrons. The summed E-state index contributed by atoms with van der Waals surface area (Å²) in [7, 11) is -2.41. The fourth-order valence-corrected chi connectivity index (χ4v) is 4.07. The number of hydrogen-bond acceptors (Lipinski definition) is 6. The van der Waals surface area contributed by atoms with Gasteiger partial charge in [0.05, 0.1) is 24.1 Å². The Balaban J connectivity index is 2.21. The van der Waals surface area contributed by atoms with Crippen molar-refractivity contribution in [1.29, 1.82) is 0 Å². The summed E-state index contributed by atoms with van der Waals surface area (Å²) in [4.78, 5) is 16.2. The Hall–Kier alpha value is -1.45. The zero-order valence-corrected chi connectivity index (χ0v) is 15.0. The van der Waals surface area contributed by atoms with E-state index in [-0.39, 0.29) is 16.4 Å². The molecule has 1 aromatic carbocycles. The van der Waals surface area contributed by atoms with Gasteiger partial charge in [-0.05, 0) is 31.2 Å². The van der Waals surface area contributed by atoms with Gasteiger partial charge in [-0.25, -0.2) is 13.4 Å². The number of halogens is 1. The lowest BCUT2D eigenvalue weighted by molar-refractivity contribution is -0.139. The van der Waals surface area contributed by atoms with Gasteiger partial charge in [-0.15, -0.1) is 11.3 Å². The number of carbonyl (C=O) groups excluding carboxylic acids is 1. The maximum atomic E-state index is 12.3. The highest BCUT2D eigenvalue weighted by molar-refractivity contribution is 9.10. The largest absolute Gasteiger partial charge is 0.469 e. The molecule has 0 saturated carbocycles. The van der Waals surface area contributed by atoms with Crippen molar-refractivity contribution < 1.29 is 17.9 Å². The van der Waals surface area contributed by atoms with E-state index in [4.69, 9.17) is 0 Å². The van der Waals surface area contributed by atoms with Crippen molar-refractivity contribution in [2.24, 2.45) is 0 Å². The van der Waals surface area contributed by atoms with Gasteiger partial charge >= 0.3 is 5.97 Å². The van der Waals surface area contributed by atoms with Gasteiger partial charge in [-0.1, -0.05) is 15.9 Å². The molecule has 0 bridgehead atoms. The number of carbonyl (C=O) groups is 1. The van der Waals surface area contributed by atoms with Crippen molar-refractivity contribution in [1.82, 2.24) is 4.98 Å². The number of rotatable bonds is 5. The Morgan fingerprint density at radius 1 is 1.36 bits per heavy atom. The number of aromatic nitrogens is 1. The molecule has 22 heavy (non-hydrogen) atoms. The molecule has 2 aromatic rings. The molecule has 0 amide bonds. The van der Waals surface area contributed by atoms with Gasteiger partial charge < -0.3 is 4.74 Å². The van der Waals surface area contributed by atoms with Crippen LogP contribution in [0, 0.1) is 6.92 Å². The van der Waals surface area contributed by atoms with Crippen molar-refractivity contribution in [2.75, 3.05) is 11.8 Å². The van der Waals surface area contributed by atoms with Crippen LogP contribution >= 0.6 is 27.3 Å². The Morgan fingerprint density at radius 2 is 2.00 bits per heavy atom. The Kier molecular flexibility index (Phi) is 5.20. The van der Waals surface area contributed by atoms with Crippen LogP contribution in [-0.2, 0) is 26.0 Å². The average Bonchev–Trinajstić information content (AvgIpc) is 2.78. The van der Waals surface area contributed by atoms with Gasteiger partial charge in [-0.2, -0.15) is 0 Å². The molecule has 1 aromatic heterocycles. The standard InChI is InChI=1S/C13H13BrN2O4S2/c1-8-11(7-12(17)20-2)21-13(15-8)16-22(18,19)10-5-3-9(14)4-6-10/h3-6H,7H2,1-2H3,(H,15,16). The average molecular weight is 405 g/mol. The monoisotopic (exact) mass is 404 g/mol. The van der Waals surface area contributed by atoms with Crippen molar-refractivity contribution in [2.45, 2.75) is 18.2 Å². The highest BCUT2D eigenvalue weighted by Gasteiger charge is 2.18. The molecule has 6 nitrogen and oxygen atoms in total. The number of anilines is 1. The summed E-state index contributed by atoms with van der Waals surface area (Å²) in [5.41, 5.74) is 0.601. The second-order valence-corrected chi connectivity index (χ2v) is 8.02. The highest BCUT2D eigenvalue weighted by atomic mass is 79.9. The number of esters is 1. The molecule has 0 radical (unpaired) electrons. The quantitative estimate of drug-likeness (QED) is 0.774. The smallest absolute Gasteiger partial charge is 0.310 e. The third kappa shape index (κ3) is 4.05. The summed E-state index contributed by atoms with van der Waals surface area (Å²) in [5, 5.41) is 0.222. The van der Waals surface area contributed by atoms with E-state index in [0.29, 0.717) is 10.6 Å². The Morgan fingerprint density at radius 3 is 2.59 bits per heavy atom. The first-order chi connectivity index (χ1) is 10.3. The highest BCUT2D eigenvalue weighted by Crippen LogP contribution is 2.26. The third-order valence-corrected chi connectivity index (χ3v) is 5.86. The zero-order chi connectivity index (χ0) is 16.3. The number of benzene rings is 1. The maximum absolute atomic E-state index is 12.3. The number of nitrogens with one attached hydrogen (secondary N) is 1. The molecule has 0 saturated heterocycles. The first-order valence-electron chi connectivity index (χ1n) is 6.13. The van der Waals surface area contributed by atoms with Crippen LogP contribution in [0.3, 0.4) is 0 Å². The van der Waals surface area contributed by atoms with Crippen molar-refractivity contribution >= 4 is 48.4 Å². The van der Waals surface area contributed by atoms with Crippen molar-refractivity contribution in [3.05, 3.63) is 39.3 Å². The van der Waals surface area contributed by atoms with Gasteiger partial charge in [0, 0.05) is 9.35 Å². The van der Waals surface area contributed by atoms with E-state index in [1.54, 1.807) is 19.1 Å². The second-order valence-electron chi connectivity index (χ2n) is 4.34. The SMILES string of the molecule is COC(=O)Cc1sc(NS(=O)(=O)c2ccc(Br)cc2)nc1C. The molecule has 1 N–H and O–H groups in total. The van der Waals surface area contributed by atoms with Gasteiger partial charge in [0.15, 0.2) is 5.13 Å². The summed E-state index contributed by atoms with van der Waals surface area (Å²) in [6.45, 7) is 1.71. The Bertz CT molecular complexity index is 785. The topological polar surface area (TPSA) is 85.4 Å². The van der Waals surface area contributed by atoms with E-state index in [2.05, 4.69) is 30.4 Å².